The molecule has 0 spiro atoms. The Morgan fingerprint density at radius 2 is 2.17 bits per heavy atom. The normalized spacial score (nSPS) is 34.2. The Hall–Kier alpha value is -1.62. The highest BCUT2D eigenvalue weighted by Crippen LogP contribution is 2.54. The lowest BCUT2D eigenvalue weighted by Crippen LogP contribution is -2.37. The predicted octanol–water partition coefficient (Wildman–Crippen LogP) is 3.30. The first-order valence-electron chi connectivity index (χ1n) is 8.40. The molecule has 2 aliphatic carbocycles. The molecule has 4 atom stereocenters. The van der Waals surface area contributed by atoms with Crippen LogP contribution in [0, 0.1) is 23.1 Å². The summed E-state index contributed by atoms with van der Waals surface area (Å²) in [6, 6.07) is 4.55. The number of aliphatic carboxylic acids is 1. The quantitative estimate of drug-likeness (QED) is 0.909. The Morgan fingerprint density at radius 1 is 1.38 bits per heavy atom. The Bertz CT molecular complexity index is 704. The van der Waals surface area contributed by atoms with Gasteiger partial charge in [-0.2, -0.15) is 0 Å². The molecule has 1 N–H and O–H groups in total. The number of rotatable bonds is 3. The van der Waals surface area contributed by atoms with Crippen molar-refractivity contribution in [3.8, 4) is 0 Å². The molecule has 128 valence electrons. The lowest BCUT2D eigenvalue weighted by molar-refractivity contribution is -0.149. The monoisotopic (exact) mass is 351 g/mol. The smallest absolute Gasteiger partial charge is 0.311 e. The molecule has 24 heavy (non-hydrogen) atoms. The number of halogens is 2. The summed E-state index contributed by atoms with van der Waals surface area (Å²) in [7, 11) is 0. The summed E-state index contributed by atoms with van der Waals surface area (Å²) >= 11 is 6.09. The van der Waals surface area contributed by atoms with Gasteiger partial charge < -0.3 is 10.0 Å². The molecule has 4 rings (SSSR count). The fraction of sp³-hybridized carbons (Fsp3) is 0.556. The van der Waals surface area contributed by atoms with Gasteiger partial charge in [0.25, 0.3) is 0 Å². The first kappa shape index (κ1) is 15.9. The summed E-state index contributed by atoms with van der Waals surface area (Å²) in [5, 5.41) is 9.98. The fourth-order valence-electron chi connectivity index (χ4n) is 4.69. The van der Waals surface area contributed by atoms with Gasteiger partial charge in [0.1, 0.15) is 5.82 Å². The Kier molecular flexibility index (Phi) is 3.60. The molecule has 2 saturated carbocycles. The zero-order chi connectivity index (χ0) is 17.1. The zero-order valence-electron chi connectivity index (χ0n) is 13.2. The van der Waals surface area contributed by atoms with Gasteiger partial charge in [-0.1, -0.05) is 24.1 Å². The molecule has 3 aliphatic rings. The van der Waals surface area contributed by atoms with Gasteiger partial charge in [0, 0.05) is 35.5 Å². The van der Waals surface area contributed by atoms with Crippen molar-refractivity contribution in [2.75, 3.05) is 13.1 Å². The van der Waals surface area contributed by atoms with Crippen LogP contribution in [0.25, 0.3) is 0 Å². The van der Waals surface area contributed by atoms with Crippen LogP contribution in [-0.4, -0.2) is 35.0 Å². The largest absolute Gasteiger partial charge is 0.481 e. The molecule has 2 unspecified atom stereocenters. The van der Waals surface area contributed by atoms with E-state index in [1.54, 1.807) is 17.0 Å². The summed E-state index contributed by atoms with van der Waals surface area (Å²) in [5.74, 6) is -1.62. The van der Waals surface area contributed by atoms with Gasteiger partial charge in [0.2, 0.25) is 5.91 Å². The fourth-order valence-corrected chi connectivity index (χ4v) is 5.00. The minimum atomic E-state index is -0.787. The molecule has 0 radical (unpaired) electrons. The number of carboxylic acid groups (broad SMARTS) is 1. The predicted molar refractivity (Wildman–Crippen MR) is 86.2 cm³/mol. The Morgan fingerprint density at radius 3 is 2.83 bits per heavy atom. The minimum Gasteiger partial charge on any atom is -0.481 e. The van der Waals surface area contributed by atoms with E-state index >= 15 is 0 Å². The molecule has 1 aromatic carbocycles. The van der Waals surface area contributed by atoms with Crippen molar-refractivity contribution in [3.63, 3.8) is 0 Å². The number of carboxylic acids is 1. The summed E-state index contributed by atoms with van der Waals surface area (Å²) in [6.45, 7) is 0.805. The van der Waals surface area contributed by atoms with E-state index in [1.807, 2.05) is 0 Å². The number of nitrogens with zero attached hydrogens (tertiary/aromatic N) is 1. The number of amides is 1. The summed E-state index contributed by atoms with van der Waals surface area (Å²) in [6.07, 6.45) is 3.00. The van der Waals surface area contributed by atoms with E-state index in [-0.39, 0.29) is 29.5 Å². The molecule has 1 aromatic rings. The zero-order valence-corrected chi connectivity index (χ0v) is 13.9. The van der Waals surface area contributed by atoms with Crippen LogP contribution in [0.2, 0.25) is 5.02 Å². The van der Waals surface area contributed by atoms with E-state index in [0.29, 0.717) is 36.5 Å². The summed E-state index contributed by atoms with van der Waals surface area (Å²) in [4.78, 5) is 26.2. The van der Waals surface area contributed by atoms with Crippen molar-refractivity contribution < 1.29 is 19.1 Å². The van der Waals surface area contributed by atoms with Crippen molar-refractivity contribution >= 4 is 23.5 Å². The maximum atomic E-state index is 14.0. The Labute approximate surface area is 144 Å². The van der Waals surface area contributed by atoms with Crippen LogP contribution in [0.15, 0.2) is 18.2 Å². The third-order valence-electron chi connectivity index (χ3n) is 6.09. The van der Waals surface area contributed by atoms with Gasteiger partial charge in [0.05, 0.1) is 5.41 Å². The molecule has 6 heteroatoms. The van der Waals surface area contributed by atoms with E-state index in [9.17, 15) is 19.1 Å². The van der Waals surface area contributed by atoms with Gasteiger partial charge in [-0.05, 0) is 37.3 Å². The van der Waals surface area contributed by atoms with Crippen LogP contribution < -0.4 is 0 Å². The van der Waals surface area contributed by atoms with E-state index < -0.39 is 11.4 Å². The number of carbonyl (C=O) groups excluding carboxylic acids is 1. The van der Waals surface area contributed by atoms with Crippen molar-refractivity contribution in [1.29, 1.82) is 0 Å². The number of carbonyl (C=O) groups is 2. The van der Waals surface area contributed by atoms with Gasteiger partial charge >= 0.3 is 5.97 Å². The van der Waals surface area contributed by atoms with Gasteiger partial charge in [0.15, 0.2) is 0 Å². The first-order chi connectivity index (χ1) is 11.4. The second-order valence-corrected chi connectivity index (χ2v) is 7.76. The van der Waals surface area contributed by atoms with Gasteiger partial charge in [-0.15, -0.1) is 0 Å². The number of fused-ring (bicyclic) bond motifs is 1. The van der Waals surface area contributed by atoms with Gasteiger partial charge in [-0.3, -0.25) is 9.59 Å². The Balaban J connectivity index is 1.50. The molecule has 3 fully saturated rings. The van der Waals surface area contributed by atoms with E-state index in [2.05, 4.69) is 0 Å². The minimum absolute atomic E-state index is 0.0469. The van der Waals surface area contributed by atoms with Crippen LogP contribution in [0.3, 0.4) is 0 Å². The molecule has 0 aromatic heterocycles. The molecule has 1 heterocycles. The molecule has 1 amide bonds. The topological polar surface area (TPSA) is 57.6 Å². The third-order valence-corrected chi connectivity index (χ3v) is 6.42. The van der Waals surface area contributed by atoms with Crippen LogP contribution in [0.4, 0.5) is 4.39 Å². The summed E-state index contributed by atoms with van der Waals surface area (Å²) < 4.78 is 14.0. The van der Waals surface area contributed by atoms with Gasteiger partial charge in [-0.25, -0.2) is 4.39 Å². The highest BCUT2D eigenvalue weighted by atomic mass is 35.5. The standard InChI is InChI=1S/C18H19ClFNO3/c19-13-4-1-5-14(20)15(13)11-7-12(11)16(22)21-8-10-3-2-6-18(10,9-21)17(23)24/h1,4-5,10-12H,2-3,6-9H2,(H,23,24)/t10-,11?,12?,18+/m0/s1. The van der Waals surface area contributed by atoms with Crippen molar-refractivity contribution in [2.45, 2.75) is 31.6 Å². The lowest BCUT2D eigenvalue weighted by atomic mass is 9.81. The molecule has 0 bridgehead atoms. The lowest BCUT2D eigenvalue weighted by Gasteiger charge is -2.23. The number of benzene rings is 1. The number of likely N-dealkylation sites (tertiary alicyclic amines) is 1. The molecular formula is C18H19ClFNO3. The molecule has 1 saturated heterocycles. The average molecular weight is 352 g/mol. The second kappa shape index (κ2) is 5.45. The van der Waals surface area contributed by atoms with Crippen LogP contribution >= 0.6 is 11.6 Å². The maximum absolute atomic E-state index is 14.0. The van der Waals surface area contributed by atoms with Crippen molar-refractivity contribution in [1.82, 2.24) is 4.90 Å². The van der Waals surface area contributed by atoms with Crippen molar-refractivity contribution in [3.05, 3.63) is 34.6 Å². The molecular weight excluding hydrogens is 333 g/mol. The molecule has 1 aliphatic heterocycles. The SMILES string of the molecule is O=C(C1CC1c1c(F)cccc1Cl)N1C[C@@H]2CCC[C@@]2(C(=O)O)C1. The first-order valence-corrected chi connectivity index (χ1v) is 8.78. The van der Waals surface area contributed by atoms with Crippen LogP contribution in [0.1, 0.15) is 37.2 Å². The highest BCUT2D eigenvalue weighted by Gasteiger charge is 2.58. The third kappa shape index (κ3) is 2.25. The van der Waals surface area contributed by atoms with Crippen molar-refractivity contribution in [2.24, 2.45) is 17.3 Å². The number of hydrogen-bond acceptors (Lipinski definition) is 2. The maximum Gasteiger partial charge on any atom is 0.311 e. The van der Waals surface area contributed by atoms with E-state index in [0.717, 1.165) is 12.8 Å². The number of hydrogen-bond donors (Lipinski definition) is 1. The van der Waals surface area contributed by atoms with E-state index in [4.69, 9.17) is 11.6 Å². The van der Waals surface area contributed by atoms with Crippen LogP contribution in [-0.2, 0) is 9.59 Å². The van der Waals surface area contributed by atoms with Crippen LogP contribution in [0.5, 0.6) is 0 Å². The average Bonchev–Trinajstić information content (AvgIpc) is 3.03. The summed E-state index contributed by atoms with van der Waals surface area (Å²) in [5.41, 5.74) is -0.347. The highest BCUT2D eigenvalue weighted by molar-refractivity contribution is 6.31. The van der Waals surface area contributed by atoms with E-state index in [1.165, 1.54) is 6.07 Å². The second-order valence-electron chi connectivity index (χ2n) is 7.35. The molecule has 4 nitrogen and oxygen atoms in total.